The van der Waals surface area contributed by atoms with Gasteiger partial charge in [-0.15, -0.1) is 19.7 Å². The minimum Gasteiger partial charge on any atom is -0.490 e. The molecule has 2 atom stereocenters. The fourth-order valence-electron chi connectivity index (χ4n) is 7.13. The highest BCUT2D eigenvalue weighted by Gasteiger charge is 2.34. The average molecular weight is 713 g/mol. The third-order valence-electron chi connectivity index (χ3n) is 10.9. The van der Waals surface area contributed by atoms with Crippen LogP contribution in [0, 0.1) is 0 Å². The lowest BCUT2D eigenvalue weighted by Gasteiger charge is -2.34. The van der Waals surface area contributed by atoms with Crippen LogP contribution < -0.4 is 14.2 Å². The summed E-state index contributed by atoms with van der Waals surface area (Å²) < 4.78 is 34.9. The van der Waals surface area contributed by atoms with Crippen molar-refractivity contribution in [3.63, 3.8) is 0 Å². The molecular formula is C47H52O6. The lowest BCUT2D eigenvalue weighted by atomic mass is 9.69. The summed E-state index contributed by atoms with van der Waals surface area (Å²) in [6.07, 6.45) is 8.41. The molecule has 0 radical (unpaired) electrons. The zero-order valence-electron chi connectivity index (χ0n) is 31.4. The maximum absolute atomic E-state index is 6.25. The number of rotatable bonds is 19. The fourth-order valence-corrected chi connectivity index (χ4v) is 7.13. The molecule has 276 valence electrons. The Morgan fingerprint density at radius 1 is 0.566 bits per heavy atom. The predicted octanol–water partition coefficient (Wildman–Crippen LogP) is 8.89. The predicted molar refractivity (Wildman–Crippen MR) is 211 cm³/mol. The first-order valence-corrected chi connectivity index (χ1v) is 18.8. The van der Waals surface area contributed by atoms with E-state index in [2.05, 4.69) is 119 Å². The topological polar surface area (TPSA) is 62.0 Å². The van der Waals surface area contributed by atoms with Crippen LogP contribution >= 0.6 is 0 Å². The van der Waals surface area contributed by atoms with Gasteiger partial charge in [-0.05, 0) is 88.9 Å². The molecule has 6 nitrogen and oxygen atoms in total. The monoisotopic (exact) mass is 712 g/mol. The molecule has 0 spiro atoms. The largest absolute Gasteiger partial charge is 0.490 e. The van der Waals surface area contributed by atoms with E-state index in [4.69, 9.17) is 28.4 Å². The normalized spacial score (nSPS) is 19.0. The Hall–Kier alpha value is -4.62. The highest BCUT2D eigenvalue weighted by molar-refractivity contribution is 5.56. The lowest BCUT2D eigenvalue weighted by molar-refractivity contribution is -0.0799. The van der Waals surface area contributed by atoms with E-state index in [9.17, 15) is 0 Å². The summed E-state index contributed by atoms with van der Waals surface area (Å²) in [5.74, 6) is 2.65. The minimum absolute atomic E-state index is 0.113. The molecule has 0 N–H and O–H groups in total. The number of ether oxygens (including phenoxy) is 6. The van der Waals surface area contributed by atoms with Crippen molar-refractivity contribution in [3.05, 3.63) is 161 Å². The Morgan fingerprint density at radius 3 is 1.43 bits per heavy atom. The van der Waals surface area contributed by atoms with Crippen LogP contribution in [0.1, 0.15) is 65.3 Å². The van der Waals surface area contributed by atoms with Crippen molar-refractivity contribution in [2.24, 2.45) is 0 Å². The van der Waals surface area contributed by atoms with Crippen LogP contribution in [0.15, 0.2) is 117 Å². The molecule has 3 saturated heterocycles. The molecule has 0 bridgehead atoms. The van der Waals surface area contributed by atoms with Crippen molar-refractivity contribution < 1.29 is 28.4 Å². The summed E-state index contributed by atoms with van der Waals surface area (Å²) >= 11 is 0. The van der Waals surface area contributed by atoms with Gasteiger partial charge in [-0.3, -0.25) is 0 Å². The Bertz CT molecular complexity index is 1860. The molecule has 4 aromatic carbocycles. The average Bonchev–Trinajstić information content (AvgIpc) is 4.09. The van der Waals surface area contributed by atoms with Gasteiger partial charge in [-0.1, -0.05) is 92.7 Å². The Labute approximate surface area is 315 Å². The van der Waals surface area contributed by atoms with Gasteiger partial charge in [0.15, 0.2) is 0 Å². The molecule has 0 amide bonds. The minimum atomic E-state index is -0.508. The van der Waals surface area contributed by atoms with Crippen LogP contribution in [0.2, 0.25) is 0 Å². The molecule has 53 heavy (non-hydrogen) atoms. The quantitative estimate of drug-likeness (QED) is 0.0550. The summed E-state index contributed by atoms with van der Waals surface area (Å²) in [4.78, 5) is 0. The molecule has 2 unspecified atom stereocenters. The summed E-state index contributed by atoms with van der Waals surface area (Å²) in [5, 5.41) is 0. The Kier molecular flexibility index (Phi) is 10.9. The highest BCUT2D eigenvalue weighted by atomic mass is 16.6. The van der Waals surface area contributed by atoms with Gasteiger partial charge in [0.1, 0.15) is 48.8 Å². The molecule has 7 rings (SSSR count). The van der Waals surface area contributed by atoms with Gasteiger partial charge in [-0.25, -0.2) is 0 Å². The van der Waals surface area contributed by atoms with E-state index in [0.29, 0.717) is 39.3 Å². The van der Waals surface area contributed by atoms with Crippen LogP contribution in [0.3, 0.4) is 0 Å². The molecular weight excluding hydrogens is 661 g/mol. The van der Waals surface area contributed by atoms with Crippen molar-refractivity contribution >= 4 is 0 Å². The van der Waals surface area contributed by atoms with Gasteiger partial charge < -0.3 is 28.4 Å². The van der Waals surface area contributed by atoms with E-state index in [1.54, 1.807) is 0 Å². The van der Waals surface area contributed by atoms with E-state index in [1.807, 2.05) is 18.2 Å². The van der Waals surface area contributed by atoms with Gasteiger partial charge in [0.2, 0.25) is 0 Å². The number of benzene rings is 4. The van der Waals surface area contributed by atoms with Gasteiger partial charge in [0.05, 0.1) is 26.4 Å². The van der Waals surface area contributed by atoms with E-state index >= 15 is 0 Å². The van der Waals surface area contributed by atoms with Crippen molar-refractivity contribution in [1.82, 2.24) is 0 Å². The van der Waals surface area contributed by atoms with Crippen LogP contribution in [0.25, 0.3) is 0 Å². The molecule has 3 aliphatic heterocycles. The summed E-state index contributed by atoms with van der Waals surface area (Å²) in [6, 6.07) is 28.9. The molecule has 6 heteroatoms. The van der Waals surface area contributed by atoms with Crippen molar-refractivity contribution in [1.29, 1.82) is 0 Å². The molecule has 0 aliphatic carbocycles. The van der Waals surface area contributed by atoms with Crippen LogP contribution in [-0.4, -0.2) is 58.0 Å². The van der Waals surface area contributed by atoms with Gasteiger partial charge in [0.25, 0.3) is 0 Å². The van der Waals surface area contributed by atoms with Crippen LogP contribution in [0.4, 0.5) is 0 Å². The van der Waals surface area contributed by atoms with Crippen molar-refractivity contribution in [3.8, 4) is 17.2 Å². The van der Waals surface area contributed by atoms with E-state index in [0.717, 1.165) is 53.6 Å². The molecule has 0 aromatic heterocycles. The lowest BCUT2D eigenvalue weighted by Crippen LogP contribution is -2.38. The van der Waals surface area contributed by atoms with E-state index in [1.165, 1.54) is 27.8 Å². The summed E-state index contributed by atoms with van der Waals surface area (Å²) in [5.41, 5.74) is 8.56. The van der Waals surface area contributed by atoms with Gasteiger partial charge >= 0.3 is 0 Å². The zero-order chi connectivity index (χ0) is 37.0. The molecule has 4 aromatic rings. The van der Waals surface area contributed by atoms with Crippen molar-refractivity contribution in [2.45, 2.75) is 69.2 Å². The SMILES string of the molecule is C=CCc1cc(C(C)(c2ccc(C(C)(C)c3ccc(OC4COC4)c(CC=C)c3)cc2)c2ccc(OCC3CO3)c(CC=C)c2)ccc1OCC1CO1. The number of epoxide rings is 2. The van der Waals surface area contributed by atoms with Crippen LogP contribution in [0.5, 0.6) is 17.2 Å². The van der Waals surface area contributed by atoms with Gasteiger partial charge in [0, 0.05) is 10.8 Å². The highest BCUT2D eigenvalue weighted by Crippen LogP contribution is 2.44. The first kappa shape index (κ1) is 36.7. The van der Waals surface area contributed by atoms with Gasteiger partial charge in [-0.2, -0.15) is 0 Å². The van der Waals surface area contributed by atoms with E-state index in [-0.39, 0.29) is 23.7 Å². The summed E-state index contributed by atoms with van der Waals surface area (Å²) in [6.45, 7) is 22.9. The number of hydrogen-bond donors (Lipinski definition) is 0. The van der Waals surface area contributed by atoms with E-state index < -0.39 is 5.41 Å². The molecule has 3 aliphatic rings. The fraction of sp³-hybridized carbons (Fsp3) is 0.362. The maximum Gasteiger partial charge on any atom is 0.145 e. The Balaban J connectivity index is 1.26. The Morgan fingerprint density at radius 2 is 0.981 bits per heavy atom. The zero-order valence-corrected chi connectivity index (χ0v) is 31.4. The summed E-state index contributed by atoms with van der Waals surface area (Å²) in [7, 11) is 0. The van der Waals surface area contributed by atoms with Crippen LogP contribution in [-0.2, 0) is 44.3 Å². The first-order chi connectivity index (χ1) is 25.7. The third kappa shape index (κ3) is 8.16. The second-order valence-electron chi connectivity index (χ2n) is 15.1. The number of allylic oxidation sites excluding steroid dienone is 3. The molecule has 0 saturated carbocycles. The maximum atomic E-state index is 6.25. The smallest absolute Gasteiger partial charge is 0.145 e. The molecule has 3 heterocycles. The molecule has 3 fully saturated rings. The second-order valence-corrected chi connectivity index (χ2v) is 15.1. The second kappa shape index (κ2) is 15.8. The first-order valence-electron chi connectivity index (χ1n) is 18.8. The van der Waals surface area contributed by atoms with Crippen molar-refractivity contribution in [2.75, 3.05) is 39.6 Å². The third-order valence-corrected chi connectivity index (χ3v) is 10.9. The standard InChI is InChI=1S/C47H52O6/c1-7-10-32-24-38(18-20-43(32)51-30-40-28-49-40)47(6,39-19-21-44(33(25-39)11-8-2)52-31-41-29-50-41)36-15-13-35(14-16-36)46(4,5)37-17-22-45(34(23-37)12-9-3)53-42-26-48-27-42/h7-9,13-25,40-42H,1-3,10-12,26-31H2,4-6H3. The number of hydrogen-bond acceptors (Lipinski definition) is 6.